The molecule has 2 bridgehead atoms. The first-order valence-electron chi connectivity index (χ1n) is 9.26. The van der Waals surface area contributed by atoms with Gasteiger partial charge >= 0.3 is 6.18 Å². The van der Waals surface area contributed by atoms with Crippen LogP contribution in [-0.2, 0) is 4.74 Å². The molecule has 5 heteroatoms. The van der Waals surface area contributed by atoms with Crippen molar-refractivity contribution in [3.63, 3.8) is 0 Å². The summed E-state index contributed by atoms with van der Waals surface area (Å²) in [6, 6.07) is 7.69. The lowest BCUT2D eigenvalue weighted by Gasteiger charge is -2.35. The maximum atomic E-state index is 12.7. The predicted molar refractivity (Wildman–Crippen MR) is 90.6 cm³/mol. The van der Waals surface area contributed by atoms with Crippen LogP contribution in [0.3, 0.4) is 0 Å². The molecule has 0 heterocycles. The Labute approximate surface area is 147 Å². The molecular weight excluding hydrogens is 329 g/mol. The molecule has 1 aromatic rings. The molecule has 0 N–H and O–H groups in total. The van der Waals surface area contributed by atoms with Crippen LogP contribution in [0.4, 0.5) is 13.2 Å². The van der Waals surface area contributed by atoms with Crippen LogP contribution in [0.25, 0.3) is 0 Å². The topological polar surface area (TPSA) is 18.5 Å². The molecule has 2 saturated carbocycles. The number of halogens is 3. The van der Waals surface area contributed by atoms with Crippen molar-refractivity contribution in [3.05, 3.63) is 29.8 Å². The van der Waals surface area contributed by atoms with E-state index >= 15 is 0 Å². The molecule has 0 radical (unpaired) electrons. The fourth-order valence-corrected chi connectivity index (χ4v) is 4.31. The molecule has 0 spiro atoms. The third-order valence-corrected chi connectivity index (χ3v) is 6.00. The van der Waals surface area contributed by atoms with E-state index in [1.165, 1.54) is 5.56 Å². The van der Waals surface area contributed by atoms with E-state index in [9.17, 15) is 13.2 Å². The lowest BCUT2D eigenvalue weighted by Crippen LogP contribution is -2.40. The zero-order chi connectivity index (χ0) is 18.1. The Morgan fingerprint density at radius 1 is 1.16 bits per heavy atom. The normalized spacial score (nSPS) is 28.1. The summed E-state index contributed by atoms with van der Waals surface area (Å²) in [6.07, 6.45) is 0.731. The van der Waals surface area contributed by atoms with Gasteiger partial charge in [0.05, 0.1) is 0 Å². The molecule has 140 valence electrons. The van der Waals surface area contributed by atoms with Crippen LogP contribution in [0, 0.1) is 11.3 Å². The maximum Gasteiger partial charge on any atom is 0.411 e. The van der Waals surface area contributed by atoms with Gasteiger partial charge in [0.25, 0.3) is 0 Å². The van der Waals surface area contributed by atoms with Crippen LogP contribution >= 0.6 is 0 Å². The molecule has 0 amide bonds. The Bertz CT molecular complexity index is 559. The second-order valence-corrected chi connectivity index (χ2v) is 7.76. The standard InChI is InChI=1S/C20H27F3O2/c1-3-14(2)16-4-6-17(7-5-16)25-18(24-13-20(21,22)23)19-10-8-15(12-19)9-11-19/h4-7,14-15,18H,3,8-13H2,1-2H3. The lowest BCUT2D eigenvalue weighted by atomic mass is 9.83. The van der Waals surface area contributed by atoms with Crippen molar-refractivity contribution in [1.29, 1.82) is 0 Å². The van der Waals surface area contributed by atoms with Gasteiger partial charge in [-0.25, -0.2) is 0 Å². The minimum atomic E-state index is -4.34. The molecular formula is C20H27F3O2. The van der Waals surface area contributed by atoms with Gasteiger partial charge < -0.3 is 9.47 Å². The van der Waals surface area contributed by atoms with Gasteiger partial charge in [0.1, 0.15) is 12.4 Å². The Hall–Kier alpha value is -1.23. The van der Waals surface area contributed by atoms with Crippen molar-refractivity contribution in [2.24, 2.45) is 11.3 Å². The Kier molecular flexibility index (Phi) is 5.33. The van der Waals surface area contributed by atoms with E-state index in [1.54, 1.807) is 0 Å². The van der Waals surface area contributed by atoms with Crippen molar-refractivity contribution >= 4 is 0 Å². The molecule has 0 aromatic heterocycles. The van der Waals surface area contributed by atoms with Crippen molar-refractivity contribution in [2.45, 2.75) is 70.8 Å². The zero-order valence-electron chi connectivity index (χ0n) is 14.9. The van der Waals surface area contributed by atoms with Gasteiger partial charge in [-0.05, 0) is 68.1 Å². The number of hydrogen-bond donors (Lipinski definition) is 0. The molecule has 2 fully saturated rings. The summed E-state index contributed by atoms with van der Waals surface area (Å²) in [7, 11) is 0. The maximum absolute atomic E-state index is 12.7. The van der Waals surface area contributed by atoms with Gasteiger partial charge in [0, 0.05) is 5.41 Å². The highest BCUT2D eigenvalue weighted by molar-refractivity contribution is 5.29. The van der Waals surface area contributed by atoms with Gasteiger partial charge in [-0.3, -0.25) is 0 Å². The van der Waals surface area contributed by atoms with Crippen LogP contribution in [0.1, 0.15) is 63.9 Å². The number of hydrogen-bond acceptors (Lipinski definition) is 2. The fraction of sp³-hybridized carbons (Fsp3) is 0.700. The van der Waals surface area contributed by atoms with Crippen molar-refractivity contribution in [1.82, 2.24) is 0 Å². The monoisotopic (exact) mass is 356 g/mol. The quantitative estimate of drug-likeness (QED) is 0.553. The molecule has 2 aliphatic carbocycles. The Morgan fingerprint density at radius 2 is 1.80 bits per heavy atom. The highest BCUT2D eigenvalue weighted by atomic mass is 19.4. The van der Waals surface area contributed by atoms with E-state index in [1.807, 2.05) is 24.3 Å². The summed E-state index contributed by atoms with van der Waals surface area (Å²) < 4.78 is 49.3. The smallest absolute Gasteiger partial charge is 0.411 e. The van der Waals surface area contributed by atoms with E-state index in [2.05, 4.69) is 13.8 Å². The van der Waals surface area contributed by atoms with Crippen LogP contribution in [0.15, 0.2) is 24.3 Å². The summed E-state index contributed by atoms with van der Waals surface area (Å²) in [5, 5.41) is 0. The fourth-order valence-electron chi connectivity index (χ4n) is 4.31. The van der Waals surface area contributed by atoms with E-state index < -0.39 is 19.1 Å². The molecule has 1 aromatic carbocycles. The highest BCUT2D eigenvalue weighted by Gasteiger charge is 2.52. The number of rotatable bonds is 7. The predicted octanol–water partition coefficient (Wildman–Crippen LogP) is 6.06. The molecule has 2 aliphatic rings. The molecule has 25 heavy (non-hydrogen) atoms. The van der Waals surface area contributed by atoms with Gasteiger partial charge in [0.15, 0.2) is 0 Å². The zero-order valence-corrected chi connectivity index (χ0v) is 14.9. The number of fused-ring (bicyclic) bond motifs is 2. The summed E-state index contributed by atoms with van der Waals surface area (Å²) in [5.74, 6) is 1.66. The highest BCUT2D eigenvalue weighted by Crippen LogP contribution is 2.57. The number of alkyl halides is 3. The average molecular weight is 356 g/mol. The summed E-state index contributed by atoms with van der Waals surface area (Å²) in [4.78, 5) is 0. The molecule has 2 unspecified atom stereocenters. The molecule has 3 rings (SSSR count). The minimum absolute atomic E-state index is 0.259. The molecule has 2 nitrogen and oxygen atoms in total. The van der Waals surface area contributed by atoms with Crippen LogP contribution < -0.4 is 4.74 Å². The second kappa shape index (κ2) is 7.18. The average Bonchev–Trinajstić information content (AvgIpc) is 3.19. The van der Waals surface area contributed by atoms with E-state index in [0.717, 1.165) is 38.5 Å². The summed E-state index contributed by atoms with van der Waals surface area (Å²) in [5.41, 5.74) is 0.952. The van der Waals surface area contributed by atoms with Crippen molar-refractivity contribution in [2.75, 3.05) is 6.61 Å². The number of benzene rings is 1. The van der Waals surface area contributed by atoms with Crippen molar-refractivity contribution in [3.8, 4) is 5.75 Å². The Morgan fingerprint density at radius 3 is 2.28 bits per heavy atom. The van der Waals surface area contributed by atoms with Crippen molar-refractivity contribution < 1.29 is 22.6 Å². The first kappa shape index (κ1) is 18.6. The van der Waals surface area contributed by atoms with Gasteiger partial charge in [-0.2, -0.15) is 13.2 Å². The summed E-state index contributed by atoms with van der Waals surface area (Å²) in [6.45, 7) is 3.03. The largest absolute Gasteiger partial charge is 0.464 e. The third-order valence-electron chi connectivity index (χ3n) is 6.00. The molecule has 0 aliphatic heterocycles. The second-order valence-electron chi connectivity index (χ2n) is 7.76. The Balaban J connectivity index is 1.73. The van der Waals surface area contributed by atoms with Gasteiger partial charge in [-0.15, -0.1) is 0 Å². The molecule has 0 saturated heterocycles. The number of ether oxygens (including phenoxy) is 2. The SMILES string of the molecule is CCC(C)c1ccc(OC(OCC(F)(F)F)C23CCC(CC2)C3)cc1. The minimum Gasteiger partial charge on any atom is -0.464 e. The van der Waals surface area contributed by atoms with Gasteiger partial charge in [0.2, 0.25) is 6.29 Å². The van der Waals surface area contributed by atoms with E-state index in [-0.39, 0.29) is 5.41 Å². The van der Waals surface area contributed by atoms with E-state index in [0.29, 0.717) is 17.6 Å². The van der Waals surface area contributed by atoms with Crippen LogP contribution in [0.2, 0.25) is 0 Å². The van der Waals surface area contributed by atoms with Crippen LogP contribution in [0.5, 0.6) is 5.75 Å². The first-order chi connectivity index (χ1) is 11.8. The van der Waals surface area contributed by atoms with Crippen LogP contribution in [-0.4, -0.2) is 19.1 Å². The lowest BCUT2D eigenvalue weighted by molar-refractivity contribution is -0.235. The third kappa shape index (κ3) is 4.30. The summed E-state index contributed by atoms with van der Waals surface area (Å²) >= 11 is 0. The van der Waals surface area contributed by atoms with Gasteiger partial charge in [-0.1, -0.05) is 26.0 Å². The molecule has 2 atom stereocenters. The first-order valence-corrected chi connectivity index (χ1v) is 9.26. The van der Waals surface area contributed by atoms with E-state index in [4.69, 9.17) is 9.47 Å².